The van der Waals surface area contributed by atoms with Crippen molar-refractivity contribution in [3.63, 3.8) is 0 Å². The highest BCUT2D eigenvalue weighted by Crippen LogP contribution is 2.25. The molecule has 0 atom stereocenters. The Bertz CT molecular complexity index is 821. The van der Waals surface area contributed by atoms with Gasteiger partial charge in [0.1, 0.15) is 5.82 Å². The summed E-state index contributed by atoms with van der Waals surface area (Å²) >= 11 is 0. The summed E-state index contributed by atoms with van der Waals surface area (Å²) < 4.78 is 13.9. The molecule has 0 aliphatic carbocycles. The topological polar surface area (TPSA) is 17.1 Å². The zero-order valence-corrected chi connectivity index (χ0v) is 11.8. The van der Waals surface area contributed by atoms with Crippen LogP contribution in [0.4, 0.5) is 4.39 Å². The number of carbonyl (C=O) groups is 1. The normalized spacial score (nSPS) is 10.8. The smallest absolute Gasteiger partial charge is 0.193 e. The van der Waals surface area contributed by atoms with Gasteiger partial charge in [0.2, 0.25) is 0 Å². The van der Waals surface area contributed by atoms with Crippen molar-refractivity contribution in [2.24, 2.45) is 0 Å². The predicted octanol–water partition coefficient (Wildman–Crippen LogP) is 4.77. The van der Waals surface area contributed by atoms with E-state index in [0.717, 1.165) is 12.0 Å². The Balaban J connectivity index is 2.21. The Labute approximate surface area is 123 Å². The first-order valence-electron chi connectivity index (χ1n) is 7.02. The van der Waals surface area contributed by atoms with Crippen LogP contribution in [0, 0.1) is 5.82 Å². The summed E-state index contributed by atoms with van der Waals surface area (Å²) in [5.74, 6) is -0.352. The number of ketones is 1. The van der Waals surface area contributed by atoms with Crippen molar-refractivity contribution in [1.82, 2.24) is 0 Å². The van der Waals surface area contributed by atoms with Gasteiger partial charge >= 0.3 is 0 Å². The first-order valence-corrected chi connectivity index (χ1v) is 7.02. The maximum atomic E-state index is 13.9. The van der Waals surface area contributed by atoms with Crippen molar-refractivity contribution in [3.8, 4) is 0 Å². The van der Waals surface area contributed by atoms with E-state index in [-0.39, 0.29) is 11.6 Å². The Morgan fingerprint density at radius 3 is 2.29 bits per heavy atom. The van der Waals surface area contributed by atoms with Crippen LogP contribution in [0.5, 0.6) is 0 Å². The third kappa shape index (κ3) is 2.33. The van der Waals surface area contributed by atoms with E-state index in [1.54, 1.807) is 24.3 Å². The summed E-state index contributed by atoms with van der Waals surface area (Å²) in [6.07, 6.45) is 0.793. The first kappa shape index (κ1) is 13.5. The molecule has 1 nitrogen and oxygen atoms in total. The number of aryl methyl sites for hydroxylation is 1. The Hall–Kier alpha value is -2.48. The molecule has 3 aromatic carbocycles. The zero-order valence-electron chi connectivity index (χ0n) is 11.8. The summed E-state index contributed by atoms with van der Waals surface area (Å²) in [6.45, 7) is 2.02. The largest absolute Gasteiger partial charge is 0.289 e. The van der Waals surface area contributed by atoms with Crippen LogP contribution in [0.1, 0.15) is 28.4 Å². The lowest BCUT2D eigenvalue weighted by Gasteiger charge is -2.10. The van der Waals surface area contributed by atoms with Crippen molar-refractivity contribution in [2.45, 2.75) is 13.3 Å². The lowest BCUT2D eigenvalue weighted by molar-refractivity contribution is 0.103. The average molecular weight is 278 g/mol. The monoisotopic (exact) mass is 278 g/mol. The number of benzene rings is 3. The van der Waals surface area contributed by atoms with Crippen molar-refractivity contribution in [2.75, 3.05) is 0 Å². The number of carbonyl (C=O) groups excluding carboxylic acids is 1. The molecule has 0 spiro atoms. The average Bonchev–Trinajstić information content (AvgIpc) is 2.55. The van der Waals surface area contributed by atoms with Gasteiger partial charge in [-0.15, -0.1) is 0 Å². The molecule has 0 unspecified atom stereocenters. The van der Waals surface area contributed by atoms with Gasteiger partial charge in [0.05, 0.1) is 0 Å². The van der Waals surface area contributed by atoms with Crippen LogP contribution < -0.4 is 0 Å². The number of hydrogen-bond donors (Lipinski definition) is 0. The van der Waals surface area contributed by atoms with E-state index in [4.69, 9.17) is 0 Å². The van der Waals surface area contributed by atoms with Crippen molar-refractivity contribution < 1.29 is 9.18 Å². The Kier molecular flexibility index (Phi) is 3.53. The highest BCUT2D eigenvalue weighted by molar-refractivity contribution is 6.17. The van der Waals surface area contributed by atoms with Crippen LogP contribution in [0.25, 0.3) is 10.8 Å². The fourth-order valence-electron chi connectivity index (χ4n) is 2.66. The maximum Gasteiger partial charge on any atom is 0.193 e. The van der Waals surface area contributed by atoms with Crippen LogP contribution in [-0.2, 0) is 6.42 Å². The highest BCUT2D eigenvalue weighted by Gasteiger charge is 2.16. The molecule has 0 aromatic heterocycles. The number of rotatable bonds is 3. The van der Waals surface area contributed by atoms with Gasteiger partial charge < -0.3 is 0 Å². The summed E-state index contributed by atoms with van der Waals surface area (Å²) in [6, 6.07) is 17.6. The third-order valence-corrected chi connectivity index (χ3v) is 3.76. The molecule has 0 fully saturated rings. The van der Waals surface area contributed by atoms with Gasteiger partial charge in [-0.05, 0) is 29.5 Å². The third-order valence-electron chi connectivity index (χ3n) is 3.76. The highest BCUT2D eigenvalue weighted by atomic mass is 19.1. The zero-order chi connectivity index (χ0) is 14.8. The molecule has 2 heteroatoms. The van der Waals surface area contributed by atoms with Crippen LogP contribution >= 0.6 is 0 Å². The molecule has 0 saturated carbocycles. The second kappa shape index (κ2) is 5.49. The summed E-state index contributed by atoms with van der Waals surface area (Å²) in [7, 11) is 0. The molecule has 0 radical (unpaired) electrons. The Morgan fingerprint density at radius 2 is 1.52 bits per heavy atom. The molecule has 0 aliphatic heterocycles. The summed E-state index contributed by atoms with van der Waals surface area (Å²) in [5, 5.41) is 1.14. The van der Waals surface area contributed by atoms with Crippen LogP contribution in [0.2, 0.25) is 0 Å². The van der Waals surface area contributed by atoms with Crippen molar-refractivity contribution >= 4 is 16.6 Å². The van der Waals surface area contributed by atoms with E-state index >= 15 is 0 Å². The van der Waals surface area contributed by atoms with Gasteiger partial charge in [0.15, 0.2) is 5.78 Å². The fourth-order valence-corrected chi connectivity index (χ4v) is 2.66. The van der Waals surface area contributed by atoms with Gasteiger partial charge in [-0.3, -0.25) is 4.79 Å². The fraction of sp³-hybridized carbons (Fsp3) is 0.105. The molecule has 0 amide bonds. The van der Waals surface area contributed by atoms with E-state index in [9.17, 15) is 9.18 Å². The number of fused-ring (bicyclic) bond motifs is 1. The second-order valence-electron chi connectivity index (χ2n) is 4.98. The molecule has 21 heavy (non-hydrogen) atoms. The minimum Gasteiger partial charge on any atom is -0.289 e. The molecular weight excluding hydrogens is 263 g/mol. The number of halogens is 1. The summed E-state index contributed by atoms with van der Waals surface area (Å²) in [5.41, 5.74) is 2.25. The molecular formula is C19H15FO. The predicted molar refractivity (Wildman–Crippen MR) is 83.2 cm³/mol. The molecule has 0 saturated heterocycles. The maximum absolute atomic E-state index is 13.9. The quantitative estimate of drug-likeness (QED) is 0.630. The Morgan fingerprint density at radius 1 is 0.857 bits per heavy atom. The van der Waals surface area contributed by atoms with Gasteiger partial charge in [-0.2, -0.15) is 0 Å². The SMILES string of the molecule is CCc1ccccc1C(=O)c1ccc(F)c2ccccc12. The van der Waals surface area contributed by atoms with Crippen LogP contribution in [0.3, 0.4) is 0 Å². The van der Waals surface area contributed by atoms with E-state index < -0.39 is 0 Å². The lowest BCUT2D eigenvalue weighted by atomic mass is 9.93. The molecule has 3 rings (SSSR count). The molecule has 0 aliphatic rings. The minimum absolute atomic E-state index is 0.0522. The van der Waals surface area contributed by atoms with E-state index in [1.165, 1.54) is 6.07 Å². The molecule has 0 N–H and O–H groups in total. The summed E-state index contributed by atoms with van der Waals surface area (Å²) in [4.78, 5) is 12.8. The van der Waals surface area contributed by atoms with E-state index in [1.807, 2.05) is 37.3 Å². The van der Waals surface area contributed by atoms with Crippen LogP contribution in [0.15, 0.2) is 60.7 Å². The molecule has 3 aromatic rings. The van der Waals surface area contributed by atoms with E-state index in [0.29, 0.717) is 21.9 Å². The second-order valence-corrected chi connectivity index (χ2v) is 4.98. The molecule has 104 valence electrons. The van der Waals surface area contributed by atoms with Crippen LogP contribution in [-0.4, -0.2) is 5.78 Å². The minimum atomic E-state index is -0.300. The van der Waals surface area contributed by atoms with Crippen molar-refractivity contribution in [3.05, 3.63) is 83.2 Å². The van der Waals surface area contributed by atoms with Gasteiger partial charge in [-0.25, -0.2) is 4.39 Å². The first-order chi connectivity index (χ1) is 10.2. The number of hydrogen-bond acceptors (Lipinski definition) is 1. The molecule has 0 heterocycles. The van der Waals surface area contributed by atoms with Gasteiger partial charge in [0, 0.05) is 16.5 Å². The lowest BCUT2D eigenvalue weighted by Crippen LogP contribution is -2.06. The standard InChI is InChI=1S/C19H15FO/c1-2-13-7-3-4-8-14(13)19(21)17-11-12-18(20)16-10-6-5-9-15(16)17/h3-12H,2H2,1H3. The molecule has 0 bridgehead atoms. The van der Waals surface area contributed by atoms with Gasteiger partial charge in [-0.1, -0.05) is 55.5 Å². The van der Waals surface area contributed by atoms with E-state index in [2.05, 4.69) is 0 Å². The van der Waals surface area contributed by atoms with Gasteiger partial charge in [0.25, 0.3) is 0 Å². The van der Waals surface area contributed by atoms with Crippen molar-refractivity contribution in [1.29, 1.82) is 0 Å².